The minimum absolute atomic E-state index is 1.05. The summed E-state index contributed by atoms with van der Waals surface area (Å²) in [7, 11) is 0. The number of allylic oxidation sites excluding steroid dienone is 2. The topological polar surface area (TPSA) is 3.24 Å². The van der Waals surface area contributed by atoms with Crippen LogP contribution < -0.4 is 4.90 Å². The zero-order valence-electron chi connectivity index (χ0n) is 7.77. The first-order valence-corrected chi connectivity index (χ1v) is 4.58. The highest BCUT2D eigenvalue weighted by Gasteiger charge is 2.11. The molecule has 0 aliphatic carbocycles. The molecule has 0 unspecified atom stereocenters. The lowest BCUT2D eigenvalue weighted by Gasteiger charge is -2.17. The molecular formula is C12H13N. The van der Waals surface area contributed by atoms with Gasteiger partial charge in [-0.2, -0.15) is 0 Å². The van der Waals surface area contributed by atoms with Crippen LogP contribution in [-0.4, -0.2) is 0 Å². The average Bonchev–Trinajstić information content (AvgIpc) is 2.67. The number of hydrogen-bond donors (Lipinski definition) is 0. The maximum atomic E-state index is 2.22. The molecule has 0 saturated heterocycles. The molecule has 1 heteroatoms. The maximum Gasteiger partial charge on any atom is 0.0452 e. The molecular weight excluding hydrogens is 158 g/mol. The molecule has 1 aromatic carbocycles. The average molecular weight is 171 g/mol. The van der Waals surface area contributed by atoms with Gasteiger partial charge in [-0.1, -0.05) is 30.4 Å². The van der Waals surface area contributed by atoms with Crippen LogP contribution in [0.3, 0.4) is 0 Å². The lowest BCUT2D eigenvalue weighted by Crippen LogP contribution is -2.09. The minimum atomic E-state index is 1.05. The molecule has 0 spiro atoms. The fourth-order valence-electron chi connectivity index (χ4n) is 1.57. The summed E-state index contributed by atoms with van der Waals surface area (Å²) in [5, 5.41) is 0. The van der Waals surface area contributed by atoms with Crippen LogP contribution >= 0.6 is 0 Å². The van der Waals surface area contributed by atoms with Crippen molar-refractivity contribution in [1.82, 2.24) is 0 Å². The van der Waals surface area contributed by atoms with Gasteiger partial charge in [-0.3, -0.25) is 0 Å². The Hall–Kier alpha value is -1.50. The fourth-order valence-corrected chi connectivity index (χ4v) is 1.57. The normalized spacial score (nSPS) is 18.5. The van der Waals surface area contributed by atoms with Gasteiger partial charge in [0.2, 0.25) is 0 Å². The van der Waals surface area contributed by atoms with Gasteiger partial charge < -0.3 is 4.90 Å². The van der Waals surface area contributed by atoms with Crippen molar-refractivity contribution in [3.8, 4) is 0 Å². The molecule has 13 heavy (non-hydrogen) atoms. The van der Waals surface area contributed by atoms with Gasteiger partial charge in [0.1, 0.15) is 0 Å². The first-order valence-electron chi connectivity index (χ1n) is 4.58. The summed E-state index contributed by atoms with van der Waals surface area (Å²) in [4.78, 5) is 2.22. The molecule has 0 aromatic heterocycles. The van der Waals surface area contributed by atoms with E-state index in [-0.39, 0.29) is 0 Å². The molecule has 1 aromatic rings. The van der Waals surface area contributed by atoms with E-state index in [9.17, 15) is 0 Å². The molecule has 0 amide bonds. The van der Waals surface area contributed by atoms with Crippen LogP contribution in [0.4, 0.5) is 5.69 Å². The van der Waals surface area contributed by atoms with E-state index in [1.165, 1.54) is 11.4 Å². The van der Waals surface area contributed by atoms with E-state index in [1.54, 1.807) is 0 Å². The van der Waals surface area contributed by atoms with Crippen molar-refractivity contribution in [3.05, 3.63) is 54.4 Å². The van der Waals surface area contributed by atoms with Crippen molar-refractivity contribution in [1.29, 1.82) is 0 Å². The van der Waals surface area contributed by atoms with Gasteiger partial charge in [0.05, 0.1) is 0 Å². The van der Waals surface area contributed by atoms with E-state index < -0.39 is 0 Å². The minimum Gasteiger partial charge on any atom is -0.321 e. The number of rotatable bonds is 1. The Kier molecular flexibility index (Phi) is 2.17. The van der Waals surface area contributed by atoms with Gasteiger partial charge in [0.15, 0.2) is 0 Å². The highest BCUT2D eigenvalue weighted by Crippen LogP contribution is 2.25. The second kappa shape index (κ2) is 3.48. The van der Waals surface area contributed by atoms with Gasteiger partial charge in [-0.05, 0) is 19.1 Å². The molecule has 2 rings (SSSR count). The lowest BCUT2D eigenvalue weighted by molar-refractivity contribution is 1.14. The highest BCUT2D eigenvalue weighted by atomic mass is 15.1. The monoisotopic (exact) mass is 171 g/mol. The standard InChI is InChI=1S/C12H13N/c1-2-11-9-6-10-13(11)12-7-4-3-5-8-12/h2-8,10H,9H2,1H3/b11-2+. The van der Waals surface area contributed by atoms with E-state index in [0.29, 0.717) is 0 Å². The van der Waals surface area contributed by atoms with Crippen molar-refractivity contribution in [2.24, 2.45) is 0 Å². The number of anilines is 1. The summed E-state index contributed by atoms with van der Waals surface area (Å²) in [5.74, 6) is 0. The van der Waals surface area contributed by atoms with E-state index >= 15 is 0 Å². The summed E-state index contributed by atoms with van der Waals surface area (Å²) < 4.78 is 0. The van der Waals surface area contributed by atoms with Crippen LogP contribution in [0, 0.1) is 0 Å². The summed E-state index contributed by atoms with van der Waals surface area (Å²) in [6.45, 7) is 2.08. The lowest BCUT2D eigenvalue weighted by atomic mass is 10.2. The van der Waals surface area contributed by atoms with Crippen LogP contribution in [0.1, 0.15) is 13.3 Å². The second-order valence-electron chi connectivity index (χ2n) is 3.07. The van der Waals surface area contributed by atoms with Gasteiger partial charge in [-0.25, -0.2) is 0 Å². The summed E-state index contributed by atoms with van der Waals surface area (Å²) >= 11 is 0. The molecule has 0 fully saturated rings. The largest absolute Gasteiger partial charge is 0.321 e. The molecule has 0 radical (unpaired) electrons. The van der Waals surface area contributed by atoms with E-state index in [1.807, 2.05) is 6.07 Å². The third kappa shape index (κ3) is 1.50. The Labute approximate surface area is 79.0 Å². The van der Waals surface area contributed by atoms with E-state index in [0.717, 1.165) is 6.42 Å². The molecule has 1 aliphatic rings. The summed E-state index contributed by atoms with van der Waals surface area (Å²) in [6, 6.07) is 10.4. The SMILES string of the molecule is C/C=C1\CC=CN1c1ccccc1. The van der Waals surface area contributed by atoms with Crippen molar-refractivity contribution in [2.75, 3.05) is 4.90 Å². The molecule has 66 valence electrons. The molecule has 1 nitrogen and oxygen atoms in total. The van der Waals surface area contributed by atoms with Crippen LogP contribution in [-0.2, 0) is 0 Å². The van der Waals surface area contributed by atoms with Gasteiger partial charge in [0, 0.05) is 24.0 Å². The molecule has 0 bridgehead atoms. The van der Waals surface area contributed by atoms with Crippen molar-refractivity contribution >= 4 is 5.69 Å². The molecule has 0 saturated carbocycles. The summed E-state index contributed by atoms with van der Waals surface area (Å²) in [5.41, 5.74) is 2.59. The van der Waals surface area contributed by atoms with Crippen molar-refractivity contribution in [2.45, 2.75) is 13.3 Å². The van der Waals surface area contributed by atoms with Crippen molar-refractivity contribution < 1.29 is 0 Å². The summed E-state index contributed by atoms with van der Waals surface area (Å²) in [6.07, 6.45) is 7.52. The molecule has 1 aliphatic heterocycles. The fraction of sp³-hybridized carbons (Fsp3) is 0.167. The van der Waals surface area contributed by atoms with Crippen molar-refractivity contribution in [3.63, 3.8) is 0 Å². The van der Waals surface area contributed by atoms with Crippen LogP contribution in [0.15, 0.2) is 54.4 Å². The highest BCUT2D eigenvalue weighted by molar-refractivity contribution is 5.57. The zero-order chi connectivity index (χ0) is 9.10. The predicted molar refractivity (Wildman–Crippen MR) is 56.4 cm³/mol. The third-order valence-electron chi connectivity index (χ3n) is 2.26. The Morgan fingerprint density at radius 2 is 2.00 bits per heavy atom. The maximum absolute atomic E-state index is 2.22. The smallest absolute Gasteiger partial charge is 0.0452 e. The quantitative estimate of drug-likeness (QED) is 0.626. The predicted octanol–water partition coefficient (Wildman–Crippen LogP) is 3.31. The van der Waals surface area contributed by atoms with Gasteiger partial charge >= 0.3 is 0 Å². The Morgan fingerprint density at radius 1 is 1.23 bits per heavy atom. The molecule has 1 heterocycles. The van der Waals surface area contributed by atoms with Gasteiger partial charge in [-0.15, -0.1) is 0 Å². The number of hydrogen-bond acceptors (Lipinski definition) is 1. The first kappa shape index (κ1) is 8.11. The Morgan fingerprint density at radius 3 is 2.69 bits per heavy atom. The van der Waals surface area contributed by atoms with Crippen LogP contribution in [0.5, 0.6) is 0 Å². The first-order chi connectivity index (χ1) is 6.42. The third-order valence-corrected chi connectivity index (χ3v) is 2.26. The molecule has 0 atom stereocenters. The van der Waals surface area contributed by atoms with Crippen LogP contribution in [0.25, 0.3) is 0 Å². The van der Waals surface area contributed by atoms with E-state index in [4.69, 9.17) is 0 Å². The number of benzene rings is 1. The molecule has 0 N–H and O–H groups in total. The number of nitrogens with zero attached hydrogens (tertiary/aromatic N) is 1. The van der Waals surface area contributed by atoms with E-state index in [2.05, 4.69) is 54.4 Å². The van der Waals surface area contributed by atoms with Crippen LogP contribution in [0.2, 0.25) is 0 Å². The Balaban J connectivity index is 2.32. The second-order valence-corrected chi connectivity index (χ2v) is 3.07. The zero-order valence-corrected chi connectivity index (χ0v) is 7.77. The van der Waals surface area contributed by atoms with Gasteiger partial charge in [0.25, 0.3) is 0 Å². The Bertz CT molecular complexity index is 335. The number of para-hydroxylation sites is 1.